The standard InChI is InChI=1S/C12H21NO3S/c1-2-16-12(15)5-4-11(14)10-13-6-3-8-17-9-7-13/h2-10H2,1H3. The molecule has 1 saturated heterocycles. The van der Waals surface area contributed by atoms with Gasteiger partial charge >= 0.3 is 5.97 Å². The van der Waals surface area contributed by atoms with Gasteiger partial charge in [0.2, 0.25) is 0 Å². The summed E-state index contributed by atoms with van der Waals surface area (Å²) in [5.41, 5.74) is 0. The minimum atomic E-state index is -0.271. The Labute approximate surface area is 107 Å². The molecule has 0 radical (unpaired) electrons. The van der Waals surface area contributed by atoms with E-state index < -0.39 is 0 Å². The van der Waals surface area contributed by atoms with Crippen LogP contribution >= 0.6 is 11.8 Å². The first-order valence-corrected chi connectivity index (χ1v) is 7.35. The summed E-state index contributed by atoms with van der Waals surface area (Å²) < 4.78 is 4.79. The van der Waals surface area contributed by atoms with E-state index in [4.69, 9.17) is 4.74 Å². The number of hydrogen-bond acceptors (Lipinski definition) is 5. The minimum absolute atomic E-state index is 0.143. The highest BCUT2D eigenvalue weighted by molar-refractivity contribution is 7.99. The fourth-order valence-electron chi connectivity index (χ4n) is 1.76. The number of nitrogens with zero attached hydrogens (tertiary/aromatic N) is 1. The van der Waals surface area contributed by atoms with Crippen LogP contribution in [0.5, 0.6) is 0 Å². The maximum absolute atomic E-state index is 11.7. The van der Waals surface area contributed by atoms with E-state index in [0.29, 0.717) is 19.6 Å². The average Bonchev–Trinajstić information content (AvgIpc) is 2.55. The van der Waals surface area contributed by atoms with Gasteiger partial charge in [0.05, 0.1) is 19.6 Å². The van der Waals surface area contributed by atoms with Crippen molar-refractivity contribution in [1.82, 2.24) is 4.90 Å². The molecule has 0 aromatic carbocycles. The molecular formula is C12H21NO3S. The SMILES string of the molecule is CCOC(=O)CCC(=O)CN1CCCSCC1. The van der Waals surface area contributed by atoms with Crippen molar-refractivity contribution in [2.24, 2.45) is 0 Å². The number of hydrogen-bond donors (Lipinski definition) is 0. The van der Waals surface area contributed by atoms with Crippen LogP contribution in [-0.4, -0.2) is 54.4 Å². The van der Waals surface area contributed by atoms with Crippen molar-refractivity contribution >= 4 is 23.5 Å². The van der Waals surface area contributed by atoms with Crippen LogP contribution in [0, 0.1) is 0 Å². The molecule has 0 N–H and O–H groups in total. The third-order valence-corrected chi connectivity index (χ3v) is 3.68. The lowest BCUT2D eigenvalue weighted by Gasteiger charge is -2.17. The lowest BCUT2D eigenvalue weighted by atomic mass is 10.2. The second-order valence-electron chi connectivity index (χ2n) is 4.09. The molecule has 1 aliphatic rings. The Morgan fingerprint density at radius 3 is 2.82 bits per heavy atom. The molecule has 0 amide bonds. The van der Waals surface area contributed by atoms with Crippen molar-refractivity contribution in [3.8, 4) is 0 Å². The zero-order valence-electron chi connectivity index (χ0n) is 10.4. The van der Waals surface area contributed by atoms with Gasteiger partial charge in [-0.2, -0.15) is 11.8 Å². The summed E-state index contributed by atoms with van der Waals surface area (Å²) in [6, 6.07) is 0. The first kappa shape index (κ1) is 14.5. The molecule has 0 aliphatic carbocycles. The van der Waals surface area contributed by atoms with Gasteiger partial charge in [-0.05, 0) is 25.6 Å². The Bertz CT molecular complexity index is 250. The van der Waals surface area contributed by atoms with E-state index in [2.05, 4.69) is 4.90 Å². The molecule has 0 aromatic rings. The molecule has 1 fully saturated rings. The number of carbonyl (C=O) groups is 2. The van der Waals surface area contributed by atoms with Gasteiger partial charge in [0.25, 0.3) is 0 Å². The normalized spacial score (nSPS) is 17.5. The lowest BCUT2D eigenvalue weighted by Crippen LogP contribution is -2.32. The van der Waals surface area contributed by atoms with Gasteiger partial charge in [0, 0.05) is 18.7 Å². The molecule has 1 rings (SSSR count). The average molecular weight is 259 g/mol. The van der Waals surface area contributed by atoms with Crippen LogP contribution in [0.15, 0.2) is 0 Å². The van der Waals surface area contributed by atoms with Crippen molar-refractivity contribution in [3.05, 3.63) is 0 Å². The largest absolute Gasteiger partial charge is 0.466 e. The summed E-state index contributed by atoms with van der Waals surface area (Å²) in [7, 11) is 0. The second-order valence-corrected chi connectivity index (χ2v) is 5.31. The highest BCUT2D eigenvalue weighted by Crippen LogP contribution is 2.10. The van der Waals surface area contributed by atoms with Gasteiger partial charge in [0.15, 0.2) is 0 Å². The van der Waals surface area contributed by atoms with Crippen LogP contribution in [-0.2, 0) is 14.3 Å². The summed E-state index contributed by atoms with van der Waals surface area (Å²) in [4.78, 5) is 25.0. The summed E-state index contributed by atoms with van der Waals surface area (Å²) in [6.45, 7) is 4.62. The quantitative estimate of drug-likeness (QED) is 0.674. The molecule has 17 heavy (non-hydrogen) atoms. The number of thioether (sulfide) groups is 1. The molecule has 1 heterocycles. The van der Waals surface area contributed by atoms with Crippen LogP contribution in [0.1, 0.15) is 26.2 Å². The maximum atomic E-state index is 11.7. The van der Waals surface area contributed by atoms with Gasteiger partial charge in [0.1, 0.15) is 5.78 Å². The molecule has 0 atom stereocenters. The predicted molar refractivity (Wildman–Crippen MR) is 69.3 cm³/mol. The molecular weight excluding hydrogens is 238 g/mol. The van der Waals surface area contributed by atoms with Gasteiger partial charge in [-0.15, -0.1) is 0 Å². The van der Waals surface area contributed by atoms with E-state index in [0.717, 1.165) is 25.3 Å². The third-order valence-electron chi connectivity index (χ3n) is 2.63. The van der Waals surface area contributed by atoms with Crippen LogP contribution < -0.4 is 0 Å². The van der Waals surface area contributed by atoms with Crippen molar-refractivity contribution in [2.45, 2.75) is 26.2 Å². The topological polar surface area (TPSA) is 46.6 Å². The zero-order valence-corrected chi connectivity index (χ0v) is 11.3. The monoisotopic (exact) mass is 259 g/mol. The van der Waals surface area contributed by atoms with E-state index in [1.54, 1.807) is 6.92 Å². The van der Waals surface area contributed by atoms with Crippen molar-refractivity contribution in [3.63, 3.8) is 0 Å². The minimum Gasteiger partial charge on any atom is -0.466 e. The Hall–Kier alpha value is -0.550. The van der Waals surface area contributed by atoms with Crippen LogP contribution in [0.2, 0.25) is 0 Å². The van der Waals surface area contributed by atoms with E-state index >= 15 is 0 Å². The van der Waals surface area contributed by atoms with E-state index in [1.165, 1.54) is 5.75 Å². The van der Waals surface area contributed by atoms with Crippen LogP contribution in [0.25, 0.3) is 0 Å². The molecule has 0 bridgehead atoms. The lowest BCUT2D eigenvalue weighted by molar-refractivity contribution is -0.144. The molecule has 0 spiro atoms. The third kappa shape index (κ3) is 6.68. The van der Waals surface area contributed by atoms with Crippen molar-refractivity contribution in [2.75, 3.05) is 37.7 Å². The van der Waals surface area contributed by atoms with Gasteiger partial charge in [-0.3, -0.25) is 14.5 Å². The first-order valence-electron chi connectivity index (χ1n) is 6.19. The fourth-order valence-corrected chi connectivity index (χ4v) is 2.68. The number of ketones is 1. The first-order chi connectivity index (χ1) is 8.22. The second kappa shape index (κ2) is 8.53. The summed E-state index contributed by atoms with van der Waals surface area (Å²) >= 11 is 1.94. The molecule has 5 heteroatoms. The smallest absolute Gasteiger partial charge is 0.306 e. The Balaban J connectivity index is 2.17. The predicted octanol–water partition coefficient (Wildman–Crippen LogP) is 1.34. The van der Waals surface area contributed by atoms with E-state index in [1.807, 2.05) is 11.8 Å². The van der Waals surface area contributed by atoms with Gasteiger partial charge < -0.3 is 4.74 Å². The summed E-state index contributed by atoms with van der Waals surface area (Å²) in [5, 5.41) is 0. The van der Waals surface area contributed by atoms with Crippen LogP contribution in [0.4, 0.5) is 0 Å². The molecule has 1 aliphatic heterocycles. The number of Topliss-reactive ketones (excluding diaryl/α,β-unsaturated/α-hetero) is 1. The van der Waals surface area contributed by atoms with Crippen LogP contribution in [0.3, 0.4) is 0 Å². The van der Waals surface area contributed by atoms with Crippen molar-refractivity contribution < 1.29 is 14.3 Å². The number of ether oxygens (including phenoxy) is 1. The maximum Gasteiger partial charge on any atom is 0.306 e. The summed E-state index contributed by atoms with van der Waals surface area (Å²) in [5.74, 6) is 2.16. The van der Waals surface area contributed by atoms with Gasteiger partial charge in [-0.1, -0.05) is 0 Å². The van der Waals surface area contributed by atoms with Crippen molar-refractivity contribution in [1.29, 1.82) is 0 Å². The number of carbonyl (C=O) groups excluding carboxylic acids is 2. The summed E-state index contributed by atoms with van der Waals surface area (Å²) in [6.07, 6.45) is 1.67. The van der Waals surface area contributed by atoms with E-state index in [9.17, 15) is 9.59 Å². The number of rotatable bonds is 6. The molecule has 4 nitrogen and oxygen atoms in total. The molecule has 0 unspecified atom stereocenters. The number of esters is 1. The van der Waals surface area contributed by atoms with Gasteiger partial charge in [-0.25, -0.2) is 0 Å². The highest BCUT2D eigenvalue weighted by atomic mass is 32.2. The molecule has 98 valence electrons. The fraction of sp³-hybridized carbons (Fsp3) is 0.833. The Morgan fingerprint density at radius 2 is 2.06 bits per heavy atom. The molecule has 0 saturated carbocycles. The zero-order chi connectivity index (χ0) is 12.5. The molecule has 0 aromatic heterocycles. The Kier molecular flexibility index (Phi) is 7.28. The highest BCUT2D eigenvalue weighted by Gasteiger charge is 2.14. The Morgan fingerprint density at radius 1 is 1.24 bits per heavy atom. The van der Waals surface area contributed by atoms with E-state index in [-0.39, 0.29) is 18.2 Å².